The number of anilines is 1. The second-order valence-corrected chi connectivity index (χ2v) is 8.71. The van der Waals surface area contributed by atoms with E-state index in [0.29, 0.717) is 23.8 Å². The lowest BCUT2D eigenvalue weighted by Crippen LogP contribution is -2.36. The number of amides is 2. The summed E-state index contributed by atoms with van der Waals surface area (Å²) in [6.07, 6.45) is 0.147. The molecule has 0 saturated carbocycles. The van der Waals surface area contributed by atoms with Gasteiger partial charge in [-0.25, -0.2) is 0 Å². The Balaban J connectivity index is 1.60. The summed E-state index contributed by atoms with van der Waals surface area (Å²) >= 11 is 4.71. The van der Waals surface area contributed by atoms with Crippen molar-refractivity contribution >= 4 is 44.2 Å². The Labute approximate surface area is 193 Å². The average Bonchev–Trinajstić information content (AvgIpc) is 3.22. The van der Waals surface area contributed by atoms with Crippen molar-refractivity contribution < 1.29 is 14.3 Å². The van der Waals surface area contributed by atoms with Crippen molar-refractivity contribution in [2.45, 2.75) is 13.3 Å². The number of aryl methyl sites for hydroxylation is 1. The van der Waals surface area contributed by atoms with Crippen LogP contribution in [-0.4, -0.2) is 53.7 Å². The monoisotopic (exact) mass is 502 g/mol. The van der Waals surface area contributed by atoms with E-state index in [0.717, 1.165) is 20.6 Å². The summed E-state index contributed by atoms with van der Waals surface area (Å²) in [7, 11) is 1.58. The summed E-state index contributed by atoms with van der Waals surface area (Å²) in [6.45, 7) is 2.98. The van der Waals surface area contributed by atoms with Gasteiger partial charge in [-0.2, -0.15) is 0 Å². The van der Waals surface area contributed by atoms with Crippen LogP contribution in [0.3, 0.4) is 0 Å². The molecule has 1 aromatic heterocycles. The van der Waals surface area contributed by atoms with E-state index in [9.17, 15) is 9.59 Å². The summed E-state index contributed by atoms with van der Waals surface area (Å²) < 4.78 is 6.11. The molecule has 1 heterocycles. The number of rotatable bonds is 9. The van der Waals surface area contributed by atoms with Crippen molar-refractivity contribution in [3.63, 3.8) is 0 Å². The van der Waals surface area contributed by atoms with E-state index in [4.69, 9.17) is 4.74 Å². The first-order valence-corrected chi connectivity index (χ1v) is 11.3. The third-order valence-electron chi connectivity index (χ3n) is 4.60. The SMILES string of the molecule is COCCN(CCC(=O)Nc1nnc(-c2ccc(Br)cc2)s1)C(=O)c1ccccc1C. The molecule has 0 aliphatic heterocycles. The van der Waals surface area contributed by atoms with Crippen LogP contribution in [0.5, 0.6) is 0 Å². The molecule has 31 heavy (non-hydrogen) atoms. The fourth-order valence-electron chi connectivity index (χ4n) is 2.90. The fraction of sp³-hybridized carbons (Fsp3) is 0.273. The molecule has 162 valence electrons. The zero-order valence-corrected chi connectivity index (χ0v) is 19.7. The van der Waals surface area contributed by atoms with E-state index in [1.165, 1.54) is 11.3 Å². The Hall–Kier alpha value is -2.62. The molecule has 1 N–H and O–H groups in total. The van der Waals surface area contributed by atoms with Crippen LogP contribution in [0.1, 0.15) is 22.3 Å². The Kier molecular flexibility index (Phi) is 8.27. The first-order chi connectivity index (χ1) is 15.0. The molecule has 0 saturated heterocycles. The zero-order valence-electron chi connectivity index (χ0n) is 17.3. The minimum absolute atomic E-state index is 0.114. The highest BCUT2D eigenvalue weighted by molar-refractivity contribution is 9.10. The van der Waals surface area contributed by atoms with Crippen molar-refractivity contribution in [1.29, 1.82) is 0 Å². The molecular formula is C22H23BrN4O3S. The van der Waals surface area contributed by atoms with Gasteiger partial charge in [0.15, 0.2) is 0 Å². The van der Waals surface area contributed by atoms with Gasteiger partial charge in [-0.05, 0) is 30.7 Å². The van der Waals surface area contributed by atoms with Crippen LogP contribution < -0.4 is 5.32 Å². The maximum Gasteiger partial charge on any atom is 0.254 e. The maximum atomic E-state index is 12.9. The predicted octanol–water partition coefficient (Wildman–Crippen LogP) is 4.39. The third-order valence-corrected chi connectivity index (χ3v) is 6.02. The van der Waals surface area contributed by atoms with Gasteiger partial charge in [-0.3, -0.25) is 9.59 Å². The number of aromatic nitrogens is 2. The second kappa shape index (κ2) is 11.1. The zero-order chi connectivity index (χ0) is 22.2. The van der Waals surface area contributed by atoms with Crippen LogP contribution in [0.15, 0.2) is 53.0 Å². The Morgan fingerprint density at radius 3 is 2.55 bits per heavy atom. The number of nitrogens with zero attached hydrogens (tertiary/aromatic N) is 3. The number of hydrogen-bond acceptors (Lipinski definition) is 6. The number of ether oxygens (including phenoxy) is 1. The van der Waals surface area contributed by atoms with Gasteiger partial charge >= 0.3 is 0 Å². The number of hydrogen-bond donors (Lipinski definition) is 1. The summed E-state index contributed by atoms with van der Waals surface area (Å²) in [5, 5.41) is 12.1. The summed E-state index contributed by atoms with van der Waals surface area (Å²) in [5.41, 5.74) is 2.45. The van der Waals surface area contributed by atoms with Crippen LogP contribution in [0.4, 0.5) is 5.13 Å². The summed E-state index contributed by atoms with van der Waals surface area (Å²) in [4.78, 5) is 27.0. The molecule has 3 aromatic rings. The Morgan fingerprint density at radius 2 is 1.84 bits per heavy atom. The van der Waals surface area contributed by atoms with Crippen molar-refractivity contribution in [2.24, 2.45) is 0 Å². The van der Waals surface area contributed by atoms with Gasteiger partial charge in [0.2, 0.25) is 11.0 Å². The molecule has 0 aliphatic rings. The van der Waals surface area contributed by atoms with Gasteiger partial charge in [0.1, 0.15) is 5.01 Å². The molecule has 0 fully saturated rings. The number of carbonyl (C=O) groups is 2. The number of nitrogens with one attached hydrogen (secondary N) is 1. The van der Waals surface area contributed by atoms with Crippen molar-refractivity contribution in [3.8, 4) is 10.6 Å². The van der Waals surface area contributed by atoms with E-state index < -0.39 is 0 Å². The Morgan fingerprint density at radius 1 is 1.10 bits per heavy atom. The number of halogens is 1. The normalized spacial score (nSPS) is 10.7. The van der Waals surface area contributed by atoms with Gasteiger partial charge in [0.25, 0.3) is 5.91 Å². The topological polar surface area (TPSA) is 84.4 Å². The van der Waals surface area contributed by atoms with Crippen molar-refractivity contribution in [2.75, 3.05) is 32.1 Å². The lowest BCUT2D eigenvalue weighted by atomic mass is 10.1. The minimum Gasteiger partial charge on any atom is -0.383 e. The molecule has 0 bridgehead atoms. The highest BCUT2D eigenvalue weighted by atomic mass is 79.9. The summed E-state index contributed by atoms with van der Waals surface area (Å²) in [6, 6.07) is 15.1. The molecular weight excluding hydrogens is 480 g/mol. The highest BCUT2D eigenvalue weighted by Gasteiger charge is 2.19. The largest absolute Gasteiger partial charge is 0.383 e. The van der Waals surface area contributed by atoms with Gasteiger partial charge < -0.3 is 15.0 Å². The Bertz CT molecular complexity index is 1040. The molecule has 0 spiro atoms. The molecule has 0 radical (unpaired) electrons. The van der Waals surface area contributed by atoms with E-state index in [-0.39, 0.29) is 24.8 Å². The van der Waals surface area contributed by atoms with Crippen molar-refractivity contribution in [3.05, 3.63) is 64.1 Å². The molecule has 7 nitrogen and oxygen atoms in total. The number of carbonyl (C=O) groups excluding carboxylic acids is 2. The number of benzene rings is 2. The standard InChI is InChI=1S/C22H23BrN4O3S/c1-15-5-3-4-6-18(15)21(29)27(13-14-30-2)12-11-19(28)24-22-26-25-20(31-22)16-7-9-17(23)10-8-16/h3-10H,11-14H2,1-2H3,(H,24,26,28). The van der Waals surface area contributed by atoms with Crippen LogP contribution in [-0.2, 0) is 9.53 Å². The predicted molar refractivity (Wildman–Crippen MR) is 125 cm³/mol. The van der Waals surface area contributed by atoms with Gasteiger partial charge in [-0.15, -0.1) is 10.2 Å². The summed E-state index contributed by atoms with van der Waals surface area (Å²) in [5.74, 6) is -0.338. The molecule has 2 amide bonds. The first-order valence-electron chi connectivity index (χ1n) is 9.71. The van der Waals surface area contributed by atoms with E-state index in [2.05, 4.69) is 31.4 Å². The van der Waals surface area contributed by atoms with Crippen LogP contribution in [0.2, 0.25) is 0 Å². The molecule has 0 aliphatic carbocycles. The molecule has 0 atom stereocenters. The third kappa shape index (κ3) is 6.43. The molecule has 0 unspecified atom stereocenters. The van der Waals surface area contributed by atoms with Gasteiger partial charge in [0.05, 0.1) is 6.61 Å². The second-order valence-electron chi connectivity index (χ2n) is 6.82. The van der Waals surface area contributed by atoms with Crippen LogP contribution >= 0.6 is 27.3 Å². The fourth-order valence-corrected chi connectivity index (χ4v) is 3.93. The van der Waals surface area contributed by atoms with Crippen LogP contribution in [0.25, 0.3) is 10.6 Å². The van der Waals surface area contributed by atoms with E-state index >= 15 is 0 Å². The average molecular weight is 503 g/mol. The maximum absolute atomic E-state index is 12.9. The van der Waals surface area contributed by atoms with Gasteiger partial charge in [-0.1, -0.05) is 57.6 Å². The molecule has 3 rings (SSSR count). The quantitative estimate of drug-likeness (QED) is 0.468. The van der Waals surface area contributed by atoms with E-state index in [1.54, 1.807) is 18.1 Å². The minimum atomic E-state index is -0.224. The van der Waals surface area contributed by atoms with Gasteiger partial charge in [0, 0.05) is 42.2 Å². The first kappa shape index (κ1) is 23.1. The molecule has 2 aromatic carbocycles. The van der Waals surface area contributed by atoms with Crippen LogP contribution in [0, 0.1) is 6.92 Å². The van der Waals surface area contributed by atoms with Crippen molar-refractivity contribution in [1.82, 2.24) is 15.1 Å². The lowest BCUT2D eigenvalue weighted by molar-refractivity contribution is -0.116. The highest BCUT2D eigenvalue weighted by Crippen LogP contribution is 2.27. The smallest absolute Gasteiger partial charge is 0.254 e. The van der Waals surface area contributed by atoms with E-state index in [1.807, 2.05) is 49.4 Å². The molecule has 9 heteroatoms. The lowest BCUT2D eigenvalue weighted by Gasteiger charge is -2.23. The number of methoxy groups -OCH3 is 1.